The van der Waals surface area contributed by atoms with E-state index in [0.717, 1.165) is 6.42 Å². The summed E-state index contributed by atoms with van der Waals surface area (Å²) in [6, 6.07) is 0. The second-order valence-corrected chi connectivity index (χ2v) is 4.68. The van der Waals surface area contributed by atoms with E-state index in [2.05, 4.69) is 6.92 Å². The topological polar surface area (TPSA) is 26.3 Å². The Morgan fingerprint density at radius 2 is 1.47 bits per heavy atom. The normalized spacial score (nSPS) is 11.7. The zero-order valence-electron chi connectivity index (χ0n) is 12.3. The van der Waals surface area contributed by atoms with Gasteiger partial charge in [-0.05, 0) is 19.8 Å². The third kappa shape index (κ3) is 16.5. The molecule has 0 spiro atoms. The van der Waals surface area contributed by atoms with E-state index in [1.165, 1.54) is 58.3 Å². The van der Waals surface area contributed by atoms with Gasteiger partial charge in [0, 0.05) is 36.5 Å². The van der Waals surface area contributed by atoms with Gasteiger partial charge in [0.15, 0.2) is 0 Å². The fourth-order valence-electron chi connectivity index (χ4n) is 1.91. The van der Waals surface area contributed by atoms with Gasteiger partial charge in [-0.1, -0.05) is 51.9 Å². The molecule has 1 atom stereocenters. The van der Waals surface area contributed by atoms with Crippen molar-refractivity contribution in [3.8, 4) is 0 Å². The standard InChI is InChI=1S/C14H28O2.Na/c1-4-5-6-7-8-9-10-11-12-13(2)16-14(3)15;/h13H,4-12H2,1-3H3;. The number of rotatable bonds is 10. The zero-order chi connectivity index (χ0) is 12.2. The molecule has 2 nitrogen and oxygen atoms in total. The SMILES string of the molecule is CCCCCCCCCCC(C)OC(C)=O.[Na]. The van der Waals surface area contributed by atoms with E-state index in [4.69, 9.17) is 4.74 Å². The molecule has 1 unspecified atom stereocenters. The molecule has 0 aliphatic rings. The maximum Gasteiger partial charge on any atom is 0.302 e. The molecule has 0 rings (SSSR count). The molecule has 0 amide bonds. The Morgan fingerprint density at radius 3 is 1.94 bits per heavy atom. The number of ether oxygens (including phenoxy) is 1. The summed E-state index contributed by atoms with van der Waals surface area (Å²) >= 11 is 0. The number of hydrogen-bond acceptors (Lipinski definition) is 2. The molecule has 97 valence electrons. The summed E-state index contributed by atoms with van der Waals surface area (Å²) in [4.78, 5) is 10.7. The molecule has 0 aromatic carbocycles. The number of carbonyl (C=O) groups is 1. The van der Waals surface area contributed by atoms with Gasteiger partial charge in [-0.3, -0.25) is 4.79 Å². The van der Waals surface area contributed by atoms with Crippen LogP contribution in [0.2, 0.25) is 0 Å². The van der Waals surface area contributed by atoms with Crippen LogP contribution in [-0.2, 0) is 9.53 Å². The second kappa shape index (κ2) is 14.5. The van der Waals surface area contributed by atoms with Crippen molar-refractivity contribution in [2.75, 3.05) is 0 Å². The van der Waals surface area contributed by atoms with Crippen LogP contribution in [0.25, 0.3) is 0 Å². The van der Waals surface area contributed by atoms with E-state index < -0.39 is 0 Å². The minimum absolute atomic E-state index is 0. The molecule has 0 N–H and O–H groups in total. The first-order valence-electron chi connectivity index (χ1n) is 6.84. The number of unbranched alkanes of at least 4 members (excludes halogenated alkanes) is 7. The van der Waals surface area contributed by atoms with Crippen molar-refractivity contribution >= 4 is 35.5 Å². The van der Waals surface area contributed by atoms with Gasteiger partial charge in [0.05, 0.1) is 6.10 Å². The maximum absolute atomic E-state index is 10.7. The summed E-state index contributed by atoms with van der Waals surface area (Å²) in [7, 11) is 0. The molecule has 0 saturated carbocycles. The molecule has 0 aliphatic heterocycles. The van der Waals surface area contributed by atoms with Gasteiger partial charge < -0.3 is 4.74 Å². The van der Waals surface area contributed by atoms with Crippen molar-refractivity contribution in [3.05, 3.63) is 0 Å². The molecule has 0 aliphatic carbocycles. The van der Waals surface area contributed by atoms with E-state index in [9.17, 15) is 4.79 Å². The molecule has 0 fully saturated rings. The van der Waals surface area contributed by atoms with Gasteiger partial charge in [-0.25, -0.2) is 0 Å². The minimum atomic E-state index is -0.160. The smallest absolute Gasteiger partial charge is 0.302 e. The fraction of sp³-hybridized carbons (Fsp3) is 0.929. The molecule has 0 aromatic rings. The molecule has 17 heavy (non-hydrogen) atoms. The van der Waals surface area contributed by atoms with E-state index >= 15 is 0 Å². The quantitative estimate of drug-likeness (QED) is 0.332. The predicted octanol–water partition coefficient (Wildman–Crippen LogP) is 4.09. The average molecular weight is 251 g/mol. The fourth-order valence-corrected chi connectivity index (χ4v) is 1.91. The second-order valence-electron chi connectivity index (χ2n) is 4.68. The van der Waals surface area contributed by atoms with Gasteiger partial charge >= 0.3 is 5.97 Å². The van der Waals surface area contributed by atoms with E-state index in [-0.39, 0.29) is 41.6 Å². The first-order valence-corrected chi connectivity index (χ1v) is 6.84. The molecular weight excluding hydrogens is 223 g/mol. The van der Waals surface area contributed by atoms with Crippen LogP contribution in [0.1, 0.15) is 78.6 Å². The average Bonchev–Trinajstić information content (AvgIpc) is 2.21. The summed E-state index contributed by atoms with van der Waals surface area (Å²) in [5, 5.41) is 0. The van der Waals surface area contributed by atoms with Gasteiger partial charge in [-0.15, -0.1) is 0 Å². The Morgan fingerprint density at radius 1 is 1.00 bits per heavy atom. The molecular formula is C14H28NaO2. The summed E-state index contributed by atoms with van der Waals surface area (Å²) in [6.07, 6.45) is 11.7. The summed E-state index contributed by atoms with van der Waals surface area (Å²) in [5.74, 6) is -0.160. The zero-order valence-corrected chi connectivity index (χ0v) is 14.3. The van der Waals surface area contributed by atoms with Crippen LogP contribution in [0.15, 0.2) is 0 Å². The van der Waals surface area contributed by atoms with Crippen molar-refractivity contribution in [2.45, 2.75) is 84.7 Å². The third-order valence-electron chi connectivity index (χ3n) is 2.83. The van der Waals surface area contributed by atoms with E-state index in [0.29, 0.717) is 0 Å². The van der Waals surface area contributed by atoms with Crippen molar-refractivity contribution < 1.29 is 9.53 Å². The predicted molar refractivity (Wildman–Crippen MR) is 74.2 cm³/mol. The van der Waals surface area contributed by atoms with Crippen LogP contribution in [0.4, 0.5) is 0 Å². The van der Waals surface area contributed by atoms with Crippen LogP contribution in [0, 0.1) is 0 Å². The monoisotopic (exact) mass is 251 g/mol. The third-order valence-corrected chi connectivity index (χ3v) is 2.83. The van der Waals surface area contributed by atoms with Crippen molar-refractivity contribution in [2.24, 2.45) is 0 Å². The van der Waals surface area contributed by atoms with Gasteiger partial charge in [-0.2, -0.15) is 0 Å². The summed E-state index contributed by atoms with van der Waals surface area (Å²) in [5.41, 5.74) is 0. The molecule has 3 heteroatoms. The Labute approximate surface area is 129 Å². The largest absolute Gasteiger partial charge is 0.463 e. The van der Waals surface area contributed by atoms with Crippen LogP contribution in [-0.4, -0.2) is 41.6 Å². The van der Waals surface area contributed by atoms with Crippen LogP contribution >= 0.6 is 0 Å². The van der Waals surface area contributed by atoms with Crippen molar-refractivity contribution in [1.82, 2.24) is 0 Å². The van der Waals surface area contributed by atoms with Crippen LogP contribution in [0.3, 0.4) is 0 Å². The van der Waals surface area contributed by atoms with Crippen molar-refractivity contribution in [3.63, 3.8) is 0 Å². The molecule has 0 bridgehead atoms. The summed E-state index contributed by atoms with van der Waals surface area (Å²) in [6.45, 7) is 5.70. The molecule has 0 heterocycles. The van der Waals surface area contributed by atoms with Crippen molar-refractivity contribution in [1.29, 1.82) is 0 Å². The Bertz CT molecular complexity index is 172. The van der Waals surface area contributed by atoms with Gasteiger partial charge in [0.1, 0.15) is 0 Å². The first-order chi connectivity index (χ1) is 7.66. The number of hydrogen-bond donors (Lipinski definition) is 0. The van der Waals surface area contributed by atoms with E-state index in [1.807, 2.05) is 6.92 Å². The van der Waals surface area contributed by atoms with Crippen LogP contribution in [0.5, 0.6) is 0 Å². The maximum atomic E-state index is 10.7. The molecule has 0 aromatic heterocycles. The number of carbonyl (C=O) groups excluding carboxylic acids is 1. The minimum Gasteiger partial charge on any atom is -0.463 e. The van der Waals surface area contributed by atoms with Crippen LogP contribution < -0.4 is 0 Å². The Kier molecular flexibility index (Phi) is 16.9. The Hall–Kier alpha value is 0.470. The van der Waals surface area contributed by atoms with Gasteiger partial charge in [0.2, 0.25) is 0 Å². The van der Waals surface area contributed by atoms with Gasteiger partial charge in [0.25, 0.3) is 0 Å². The first kappa shape index (κ1) is 19.8. The molecule has 1 radical (unpaired) electrons. The van der Waals surface area contributed by atoms with E-state index in [1.54, 1.807) is 0 Å². The summed E-state index contributed by atoms with van der Waals surface area (Å²) < 4.78 is 5.07. The Balaban J connectivity index is 0. The number of esters is 1. The molecule has 0 saturated heterocycles.